The van der Waals surface area contributed by atoms with E-state index in [1.54, 1.807) is 19.4 Å². The topological polar surface area (TPSA) is 68.5 Å². The number of aromatic nitrogens is 1. The normalized spacial score (nSPS) is 23.4. The largest absolute Gasteiger partial charge is 0.397 e. The second-order valence-electron chi connectivity index (χ2n) is 5.39. The highest BCUT2D eigenvalue weighted by molar-refractivity contribution is 5.96. The van der Waals surface area contributed by atoms with Gasteiger partial charge in [-0.2, -0.15) is 0 Å². The summed E-state index contributed by atoms with van der Waals surface area (Å²) >= 11 is 0. The molecule has 0 bridgehead atoms. The molecule has 5 nitrogen and oxygen atoms in total. The molecule has 0 saturated carbocycles. The van der Waals surface area contributed by atoms with Gasteiger partial charge < -0.3 is 15.4 Å². The van der Waals surface area contributed by atoms with Crippen LogP contribution >= 0.6 is 0 Å². The van der Waals surface area contributed by atoms with Crippen LogP contribution in [-0.2, 0) is 4.74 Å². The van der Waals surface area contributed by atoms with Crippen molar-refractivity contribution in [2.45, 2.75) is 32.3 Å². The summed E-state index contributed by atoms with van der Waals surface area (Å²) in [5, 5.41) is 0. The first-order valence-corrected chi connectivity index (χ1v) is 6.52. The SMILES string of the molecule is COC1(C)CCCN(C(=O)c2cc(N)cnc2C)C1. The van der Waals surface area contributed by atoms with E-state index in [0.717, 1.165) is 19.4 Å². The van der Waals surface area contributed by atoms with Crippen LogP contribution in [0.15, 0.2) is 12.3 Å². The summed E-state index contributed by atoms with van der Waals surface area (Å²) in [5.74, 6) is -0.0136. The number of nitrogens with zero attached hydrogens (tertiary/aromatic N) is 2. The molecule has 0 spiro atoms. The van der Waals surface area contributed by atoms with Gasteiger partial charge in [0.2, 0.25) is 0 Å². The van der Waals surface area contributed by atoms with Gasteiger partial charge in [-0.1, -0.05) is 0 Å². The van der Waals surface area contributed by atoms with Gasteiger partial charge in [0.1, 0.15) is 0 Å². The highest BCUT2D eigenvalue weighted by Gasteiger charge is 2.33. The van der Waals surface area contributed by atoms with Crippen LogP contribution in [0, 0.1) is 6.92 Å². The summed E-state index contributed by atoms with van der Waals surface area (Å²) in [5.41, 5.74) is 7.27. The van der Waals surface area contributed by atoms with Crippen molar-refractivity contribution in [1.82, 2.24) is 9.88 Å². The van der Waals surface area contributed by atoms with Crippen LogP contribution in [0.5, 0.6) is 0 Å². The summed E-state index contributed by atoms with van der Waals surface area (Å²) < 4.78 is 5.51. The maximum Gasteiger partial charge on any atom is 0.255 e. The minimum Gasteiger partial charge on any atom is -0.397 e. The van der Waals surface area contributed by atoms with Crippen molar-refractivity contribution in [3.63, 3.8) is 0 Å². The van der Waals surface area contributed by atoms with Crippen LogP contribution in [0.3, 0.4) is 0 Å². The molecule has 104 valence electrons. The Labute approximate surface area is 113 Å². The predicted octanol–water partition coefficient (Wildman–Crippen LogP) is 1.61. The number of amides is 1. The van der Waals surface area contributed by atoms with E-state index in [-0.39, 0.29) is 11.5 Å². The van der Waals surface area contributed by atoms with Gasteiger partial charge in [0.15, 0.2) is 0 Å². The molecule has 1 aliphatic rings. The molecule has 0 radical (unpaired) electrons. The molecule has 2 heterocycles. The van der Waals surface area contributed by atoms with E-state index in [1.165, 1.54) is 0 Å². The van der Waals surface area contributed by atoms with E-state index in [1.807, 2.05) is 18.7 Å². The van der Waals surface area contributed by atoms with Crippen molar-refractivity contribution >= 4 is 11.6 Å². The highest BCUT2D eigenvalue weighted by atomic mass is 16.5. The van der Waals surface area contributed by atoms with Crippen LogP contribution in [0.25, 0.3) is 0 Å². The minimum absolute atomic E-state index is 0.0136. The predicted molar refractivity (Wildman–Crippen MR) is 73.9 cm³/mol. The van der Waals surface area contributed by atoms with E-state index in [9.17, 15) is 4.79 Å². The first-order valence-electron chi connectivity index (χ1n) is 6.52. The second-order valence-corrected chi connectivity index (χ2v) is 5.39. The Morgan fingerprint density at radius 1 is 1.58 bits per heavy atom. The zero-order valence-electron chi connectivity index (χ0n) is 11.8. The molecule has 1 unspecified atom stereocenters. The molecular formula is C14H21N3O2. The number of anilines is 1. The molecule has 1 aromatic rings. The van der Waals surface area contributed by atoms with Crippen molar-refractivity contribution in [3.05, 3.63) is 23.5 Å². The van der Waals surface area contributed by atoms with Crippen LogP contribution in [0.1, 0.15) is 35.8 Å². The lowest BCUT2D eigenvalue weighted by molar-refractivity contribution is -0.0440. The number of piperidine rings is 1. The number of pyridine rings is 1. The number of carbonyl (C=O) groups excluding carboxylic acids is 1. The van der Waals surface area contributed by atoms with Crippen LogP contribution < -0.4 is 5.73 Å². The van der Waals surface area contributed by atoms with Gasteiger partial charge in [0, 0.05) is 20.2 Å². The van der Waals surface area contributed by atoms with Crippen molar-refractivity contribution in [2.75, 3.05) is 25.9 Å². The van der Waals surface area contributed by atoms with Gasteiger partial charge in [-0.25, -0.2) is 0 Å². The van der Waals surface area contributed by atoms with Crippen molar-refractivity contribution < 1.29 is 9.53 Å². The number of ether oxygens (including phenoxy) is 1. The Morgan fingerprint density at radius 3 is 3.00 bits per heavy atom. The van der Waals surface area contributed by atoms with Gasteiger partial charge in [-0.05, 0) is 32.8 Å². The molecule has 0 aliphatic carbocycles. The number of nitrogen functional groups attached to an aromatic ring is 1. The number of nitrogens with two attached hydrogens (primary N) is 1. The number of hydrogen-bond acceptors (Lipinski definition) is 4. The van der Waals surface area contributed by atoms with E-state index >= 15 is 0 Å². The number of carbonyl (C=O) groups is 1. The summed E-state index contributed by atoms with van der Waals surface area (Å²) in [7, 11) is 1.70. The van der Waals surface area contributed by atoms with Crippen LogP contribution in [-0.4, -0.2) is 41.6 Å². The fourth-order valence-electron chi connectivity index (χ4n) is 2.48. The molecule has 1 atom stereocenters. The summed E-state index contributed by atoms with van der Waals surface area (Å²) in [6.45, 7) is 5.23. The Hall–Kier alpha value is -1.62. The highest BCUT2D eigenvalue weighted by Crippen LogP contribution is 2.25. The lowest BCUT2D eigenvalue weighted by atomic mass is 9.94. The molecule has 5 heteroatoms. The number of aryl methyl sites for hydroxylation is 1. The van der Waals surface area contributed by atoms with E-state index in [0.29, 0.717) is 23.5 Å². The van der Waals surface area contributed by atoms with Gasteiger partial charge in [0.25, 0.3) is 5.91 Å². The molecule has 2 rings (SSSR count). The van der Waals surface area contributed by atoms with Crippen molar-refractivity contribution in [3.8, 4) is 0 Å². The summed E-state index contributed by atoms with van der Waals surface area (Å²) in [4.78, 5) is 18.5. The lowest BCUT2D eigenvalue weighted by Gasteiger charge is -2.39. The fourth-order valence-corrected chi connectivity index (χ4v) is 2.48. The Kier molecular flexibility index (Phi) is 3.75. The third-order valence-electron chi connectivity index (χ3n) is 3.78. The van der Waals surface area contributed by atoms with E-state index in [2.05, 4.69) is 4.98 Å². The number of methoxy groups -OCH3 is 1. The van der Waals surface area contributed by atoms with Crippen LogP contribution in [0.2, 0.25) is 0 Å². The molecule has 0 aromatic carbocycles. The van der Waals surface area contributed by atoms with Crippen molar-refractivity contribution in [1.29, 1.82) is 0 Å². The second kappa shape index (κ2) is 5.17. The zero-order chi connectivity index (χ0) is 14.0. The Balaban J connectivity index is 2.22. The minimum atomic E-state index is -0.254. The molecular weight excluding hydrogens is 242 g/mol. The Bertz CT molecular complexity index is 490. The molecule has 1 aliphatic heterocycles. The molecule has 1 fully saturated rings. The first kappa shape index (κ1) is 13.8. The van der Waals surface area contributed by atoms with E-state index in [4.69, 9.17) is 10.5 Å². The molecule has 1 amide bonds. The van der Waals surface area contributed by atoms with Crippen LogP contribution in [0.4, 0.5) is 5.69 Å². The molecule has 2 N–H and O–H groups in total. The number of hydrogen-bond donors (Lipinski definition) is 1. The maximum absolute atomic E-state index is 12.6. The third-order valence-corrected chi connectivity index (χ3v) is 3.78. The molecule has 1 aromatic heterocycles. The average molecular weight is 263 g/mol. The smallest absolute Gasteiger partial charge is 0.255 e. The molecule has 19 heavy (non-hydrogen) atoms. The Morgan fingerprint density at radius 2 is 2.32 bits per heavy atom. The van der Waals surface area contributed by atoms with E-state index < -0.39 is 0 Å². The molecule has 1 saturated heterocycles. The third kappa shape index (κ3) is 2.87. The average Bonchev–Trinajstić information content (AvgIpc) is 2.41. The van der Waals surface area contributed by atoms with Gasteiger partial charge in [-0.15, -0.1) is 0 Å². The first-order chi connectivity index (χ1) is 8.95. The summed E-state index contributed by atoms with van der Waals surface area (Å²) in [6, 6.07) is 1.70. The standard InChI is InChI=1S/C14H21N3O2/c1-10-12(7-11(15)8-16-10)13(18)17-6-4-5-14(2,9-17)19-3/h7-8H,4-6,9,15H2,1-3H3. The van der Waals surface area contributed by atoms with Gasteiger partial charge in [-0.3, -0.25) is 9.78 Å². The quantitative estimate of drug-likeness (QED) is 0.880. The van der Waals surface area contributed by atoms with Gasteiger partial charge >= 0.3 is 0 Å². The lowest BCUT2D eigenvalue weighted by Crippen LogP contribution is -2.49. The summed E-state index contributed by atoms with van der Waals surface area (Å²) in [6.07, 6.45) is 3.49. The number of rotatable bonds is 2. The zero-order valence-corrected chi connectivity index (χ0v) is 11.8. The fraction of sp³-hybridized carbons (Fsp3) is 0.571. The van der Waals surface area contributed by atoms with Gasteiger partial charge in [0.05, 0.1) is 28.7 Å². The number of likely N-dealkylation sites (tertiary alicyclic amines) is 1. The van der Waals surface area contributed by atoms with Crippen molar-refractivity contribution in [2.24, 2.45) is 0 Å². The maximum atomic E-state index is 12.6. The monoisotopic (exact) mass is 263 g/mol.